The van der Waals surface area contributed by atoms with E-state index in [4.69, 9.17) is 0 Å². The molecule has 2 fully saturated rings. The molecule has 0 spiro atoms. The van der Waals surface area contributed by atoms with Gasteiger partial charge in [-0.1, -0.05) is 0 Å². The first-order chi connectivity index (χ1) is 6.16. The smallest absolute Gasteiger partial charge is 0.152 e. The molecule has 5 heteroatoms. The predicted octanol–water partition coefficient (Wildman–Crippen LogP) is 0.159. The van der Waals surface area contributed by atoms with Gasteiger partial charge in [0.25, 0.3) is 0 Å². The van der Waals surface area contributed by atoms with Crippen LogP contribution in [0.1, 0.15) is 19.3 Å². The summed E-state index contributed by atoms with van der Waals surface area (Å²) in [6, 6.07) is 0.0417. The molecule has 0 bridgehead atoms. The normalized spacial score (nSPS) is 32.5. The van der Waals surface area contributed by atoms with Crippen LogP contribution >= 0.6 is 0 Å². The number of nitrogens with one attached hydrogen (secondary N) is 1. The molecular formula is C8H14N2O2S. The molecular weight excluding hydrogens is 188 g/mol. The maximum absolute atomic E-state index is 11.1. The molecule has 1 atom stereocenters. The third-order valence-corrected chi connectivity index (χ3v) is 4.16. The van der Waals surface area contributed by atoms with Crippen LogP contribution in [0.15, 0.2) is 5.10 Å². The number of hydrogen-bond donors (Lipinski definition) is 1. The Kier molecular flexibility index (Phi) is 2.27. The van der Waals surface area contributed by atoms with Gasteiger partial charge in [-0.2, -0.15) is 5.10 Å². The highest BCUT2D eigenvalue weighted by atomic mass is 32.2. The van der Waals surface area contributed by atoms with Crippen LogP contribution in [0, 0.1) is 5.92 Å². The van der Waals surface area contributed by atoms with Crippen LogP contribution in [0.25, 0.3) is 0 Å². The van der Waals surface area contributed by atoms with E-state index in [1.54, 1.807) is 0 Å². The first kappa shape index (κ1) is 8.99. The van der Waals surface area contributed by atoms with E-state index in [-0.39, 0.29) is 11.8 Å². The van der Waals surface area contributed by atoms with Crippen molar-refractivity contribution in [2.24, 2.45) is 11.0 Å². The highest BCUT2D eigenvalue weighted by molar-refractivity contribution is 7.91. The zero-order valence-corrected chi connectivity index (χ0v) is 8.26. The third kappa shape index (κ3) is 2.69. The SMILES string of the molecule is O=S1(=O)CCC(N/N=C/C2CC2)C1. The monoisotopic (exact) mass is 202 g/mol. The van der Waals surface area contributed by atoms with E-state index in [0.29, 0.717) is 18.1 Å². The molecule has 1 aliphatic carbocycles. The van der Waals surface area contributed by atoms with Gasteiger partial charge in [0.05, 0.1) is 17.5 Å². The van der Waals surface area contributed by atoms with Crippen molar-refractivity contribution in [2.45, 2.75) is 25.3 Å². The fourth-order valence-electron chi connectivity index (χ4n) is 1.40. The Morgan fingerprint density at radius 1 is 1.31 bits per heavy atom. The number of hydrogen-bond acceptors (Lipinski definition) is 4. The van der Waals surface area contributed by atoms with Crippen LogP contribution in [0.3, 0.4) is 0 Å². The molecule has 1 N–H and O–H groups in total. The zero-order chi connectivity index (χ0) is 9.31. The minimum absolute atomic E-state index is 0.0417. The highest BCUT2D eigenvalue weighted by Crippen LogP contribution is 2.26. The Labute approximate surface area is 78.3 Å². The quantitative estimate of drug-likeness (QED) is 0.524. The average molecular weight is 202 g/mol. The zero-order valence-electron chi connectivity index (χ0n) is 7.44. The lowest BCUT2D eigenvalue weighted by molar-refractivity contribution is 0.577. The topological polar surface area (TPSA) is 58.5 Å². The van der Waals surface area contributed by atoms with Gasteiger partial charge >= 0.3 is 0 Å². The van der Waals surface area contributed by atoms with Gasteiger partial charge in [0.1, 0.15) is 0 Å². The molecule has 1 heterocycles. The fraction of sp³-hybridized carbons (Fsp3) is 0.875. The van der Waals surface area contributed by atoms with Gasteiger partial charge in [0.15, 0.2) is 9.84 Å². The second-order valence-electron chi connectivity index (χ2n) is 3.84. The molecule has 0 aromatic carbocycles. The molecule has 0 aromatic rings. The van der Waals surface area contributed by atoms with Gasteiger partial charge in [0.2, 0.25) is 0 Å². The van der Waals surface area contributed by atoms with Crippen molar-refractivity contribution in [3.8, 4) is 0 Å². The number of rotatable bonds is 3. The molecule has 2 rings (SSSR count). The first-order valence-electron chi connectivity index (χ1n) is 4.65. The van der Waals surface area contributed by atoms with E-state index in [1.165, 1.54) is 12.8 Å². The predicted molar refractivity (Wildman–Crippen MR) is 51.4 cm³/mol. The summed E-state index contributed by atoms with van der Waals surface area (Å²) in [4.78, 5) is 0. The van der Waals surface area contributed by atoms with Crippen LogP contribution in [-0.2, 0) is 9.84 Å². The maximum atomic E-state index is 11.1. The average Bonchev–Trinajstić information content (AvgIpc) is 2.78. The highest BCUT2D eigenvalue weighted by Gasteiger charge is 2.27. The molecule has 0 radical (unpaired) electrons. The number of hydrazone groups is 1. The van der Waals surface area contributed by atoms with Crippen molar-refractivity contribution in [1.29, 1.82) is 0 Å². The largest absolute Gasteiger partial charge is 0.306 e. The summed E-state index contributed by atoms with van der Waals surface area (Å²) < 4.78 is 22.1. The van der Waals surface area contributed by atoms with Crippen molar-refractivity contribution in [3.05, 3.63) is 0 Å². The minimum atomic E-state index is -2.77. The second kappa shape index (κ2) is 3.29. The molecule has 2 aliphatic rings. The molecule has 4 nitrogen and oxygen atoms in total. The molecule has 1 aliphatic heterocycles. The summed E-state index contributed by atoms with van der Waals surface area (Å²) in [7, 11) is -2.77. The Balaban J connectivity index is 1.76. The van der Waals surface area contributed by atoms with Crippen molar-refractivity contribution in [3.63, 3.8) is 0 Å². The summed E-state index contributed by atoms with van der Waals surface area (Å²) in [5, 5.41) is 4.04. The maximum Gasteiger partial charge on any atom is 0.152 e. The molecule has 74 valence electrons. The van der Waals surface area contributed by atoms with Crippen LogP contribution in [0.2, 0.25) is 0 Å². The minimum Gasteiger partial charge on any atom is -0.306 e. The molecule has 13 heavy (non-hydrogen) atoms. The van der Waals surface area contributed by atoms with Crippen molar-refractivity contribution >= 4 is 16.1 Å². The molecule has 1 unspecified atom stereocenters. The second-order valence-corrected chi connectivity index (χ2v) is 6.07. The van der Waals surface area contributed by atoms with Crippen molar-refractivity contribution < 1.29 is 8.42 Å². The lowest BCUT2D eigenvalue weighted by Crippen LogP contribution is -2.25. The van der Waals surface area contributed by atoms with E-state index < -0.39 is 9.84 Å². The summed E-state index contributed by atoms with van der Waals surface area (Å²) in [6.45, 7) is 0. The van der Waals surface area contributed by atoms with Crippen molar-refractivity contribution in [1.82, 2.24) is 5.43 Å². The van der Waals surface area contributed by atoms with Crippen molar-refractivity contribution in [2.75, 3.05) is 11.5 Å². The van der Waals surface area contributed by atoms with Gasteiger partial charge in [0, 0.05) is 6.21 Å². The summed E-state index contributed by atoms with van der Waals surface area (Å²) in [5.74, 6) is 1.20. The molecule has 0 aromatic heterocycles. The summed E-state index contributed by atoms with van der Waals surface area (Å²) in [6.07, 6.45) is 5.05. The van der Waals surface area contributed by atoms with E-state index in [1.807, 2.05) is 6.21 Å². The first-order valence-corrected chi connectivity index (χ1v) is 6.47. The Morgan fingerprint density at radius 3 is 2.62 bits per heavy atom. The number of sulfone groups is 1. The van der Waals surface area contributed by atoms with Crippen LogP contribution < -0.4 is 5.43 Å². The Bertz CT molecular complexity index is 306. The van der Waals surface area contributed by atoms with E-state index >= 15 is 0 Å². The summed E-state index contributed by atoms with van der Waals surface area (Å²) >= 11 is 0. The standard InChI is InChI=1S/C8H14N2O2S/c11-13(12)4-3-8(6-13)10-9-5-7-1-2-7/h5,7-8,10H,1-4,6H2/b9-5+. The van der Waals surface area contributed by atoms with Crippen LogP contribution in [0.4, 0.5) is 0 Å². The van der Waals surface area contributed by atoms with E-state index in [0.717, 1.165) is 0 Å². The van der Waals surface area contributed by atoms with E-state index in [2.05, 4.69) is 10.5 Å². The summed E-state index contributed by atoms with van der Waals surface area (Å²) in [5.41, 5.74) is 2.90. The van der Waals surface area contributed by atoms with Gasteiger partial charge in [-0.25, -0.2) is 8.42 Å². The van der Waals surface area contributed by atoms with Gasteiger partial charge in [-0.3, -0.25) is 0 Å². The molecule has 0 amide bonds. The number of nitrogens with zero attached hydrogens (tertiary/aromatic N) is 1. The van der Waals surface area contributed by atoms with Gasteiger partial charge in [-0.05, 0) is 25.2 Å². The Morgan fingerprint density at radius 2 is 2.08 bits per heavy atom. The van der Waals surface area contributed by atoms with Crippen LogP contribution in [0.5, 0.6) is 0 Å². The third-order valence-electron chi connectivity index (χ3n) is 2.40. The van der Waals surface area contributed by atoms with E-state index in [9.17, 15) is 8.42 Å². The van der Waals surface area contributed by atoms with Gasteiger partial charge < -0.3 is 5.43 Å². The fourth-order valence-corrected chi connectivity index (χ4v) is 3.06. The van der Waals surface area contributed by atoms with Crippen LogP contribution in [-0.4, -0.2) is 32.2 Å². The van der Waals surface area contributed by atoms with Gasteiger partial charge in [-0.15, -0.1) is 0 Å². The Hall–Kier alpha value is -0.580. The lowest BCUT2D eigenvalue weighted by atomic mass is 10.3. The molecule has 1 saturated carbocycles. The lowest BCUT2D eigenvalue weighted by Gasteiger charge is -2.04. The molecule has 1 saturated heterocycles.